The van der Waals surface area contributed by atoms with E-state index in [1.54, 1.807) is 13.0 Å². The van der Waals surface area contributed by atoms with Gasteiger partial charge in [0.05, 0.1) is 13.2 Å². The van der Waals surface area contributed by atoms with Crippen molar-refractivity contribution in [1.82, 2.24) is 20.2 Å². The van der Waals surface area contributed by atoms with Crippen LogP contribution in [-0.4, -0.2) is 53.0 Å². The van der Waals surface area contributed by atoms with Gasteiger partial charge in [0, 0.05) is 30.1 Å². The predicted octanol–water partition coefficient (Wildman–Crippen LogP) is 2.82. The number of hydrogen-bond acceptors (Lipinski definition) is 7. The summed E-state index contributed by atoms with van der Waals surface area (Å²) in [4.78, 5) is 33.8. The molecule has 35 heavy (non-hydrogen) atoms. The van der Waals surface area contributed by atoms with Crippen molar-refractivity contribution in [2.24, 2.45) is 11.5 Å². The minimum absolute atomic E-state index is 0.0122. The van der Waals surface area contributed by atoms with Crippen LogP contribution in [-0.2, 0) is 6.18 Å². The van der Waals surface area contributed by atoms with Gasteiger partial charge in [-0.3, -0.25) is 4.79 Å². The molecule has 1 fully saturated rings. The third kappa shape index (κ3) is 4.71. The van der Waals surface area contributed by atoms with Crippen molar-refractivity contribution in [2.45, 2.75) is 31.6 Å². The first-order chi connectivity index (χ1) is 16.5. The topological polar surface area (TPSA) is 150 Å². The number of oxazole rings is 1. The van der Waals surface area contributed by atoms with E-state index in [1.165, 1.54) is 24.1 Å². The van der Waals surface area contributed by atoms with Gasteiger partial charge < -0.3 is 30.8 Å². The number of pyridine rings is 1. The van der Waals surface area contributed by atoms with Crippen LogP contribution in [0.15, 0.2) is 28.7 Å². The van der Waals surface area contributed by atoms with E-state index >= 15 is 0 Å². The van der Waals surface area contributed by atoms with E-state index < -0.39 is 29.9 Å². The van der Waals surface area contributed by atoms with Crippen LogP contribution in [0, 0.1) is 0 Å². The number of ether oxygens (including phenoxy) is 1. The van der Waals surface area contributed by atoms with Gasteiger partial charge in [-0.1, -0.05) is 0 Å². The summed E-state index contributed by atoms with van der Waals surface area (Å²) >= 11 is 0. The molecule has 0 radical (unpaired) electrons. The van der Waals surface area contributed by atoms with Gasteiger partial charge in [-0.05, 0) is 37.6 Å². The molecular weight excluding hydrogens is 469 g/mol. The number of nitrogens with two attached hydrogens (primary N) is 2. The second kappa shape index (κ2) is 9.06. The summed E-state index contributed by atoms with van der Waals surface area (Å²) in [6.07, 6.45) is -4.13. The molecule has 1 saturated heterocycles. The number of carbonyl (C=O) groups is 2. The van der Waals surface area contributed by atoms with Gasteiger partial charge in [-0.15, -0.1) is 0 Å². The van der Waals surface area contributed by atoms with Crippen LogP contribution in [0.3, 0.4) is 0 Å². The summed E-state index contributed by atoms with van der Waals surface area (Å²) in [5, 5.41) is 3.08. The summed E-state index contributed by atoms with van der Waals surface area (Å²) in [5.41, 5.74) is 10.4. The van der Waals surface area contributed by atoms with Gasteiger partial charge in [-0.2, -0.15) is 13.2 Å². The molecule has 1 aliphatic heterocycles. The molecule has 13 heteroatoms. The average Bonchev–Trinajstić information content (AvgIpc) is 3.45. The Kier molecular flexibility index (Phi) is 6.28. The normalized spacial score (nSPS) is 17.0. The van der Waals surface area contributed by atoms with E-state index in [2.05, 4.69) is 15.3 Å². The SMILES string of the molecule is COc1ccc(-c2nc(C(=O)N[C@@H]3CCN(C(N)=O)C3)c([C@H](C)N)o2)c2ccc(C(F)(F)F)nc12. The Balaban J connectivity index is 1.73. The van der Waals surface area contributed by atoms with Gasteiger partial charge in [-0.25, -0.2) is 14.8 Å². The van der Waals surface area contributed by atoms with Gasteiger partial charge in [0.2, 0.25) is 5.89 Å². The minimum Gasteiger partial charge on any atom is -0.494 e. The Morgan fingerprint density at radius 1 is 1.26 bits per heavy atom. The minimum atomic E-state index is -4.64. The molecule has 3 heterocycles. The van der Waals surface area contributed by atoms with Crippen molar-refractivity contribution in [2.75, 3.05) is 20.2 Å². The highest BCUT2D eigenvalue weighted by Gasteiger charge is 2.34. The number of amides is 3. The van der Waals surface area contributed by atoms with E-state index in [1.807, 2.05) is 0 Å². The summed E-state index contributed by atoms with van der Waals surface area (Å²) < 4.78 is 50.7. The van der Waals surface area contributed by atoms with Crippen LogP contribution < -0.4 is 21.5 Å². The van der Waals surface area contributed by atoms with Crippen molar-refractivity contribution in [3.8, 4) is 17.2 Å². The summed E-state index contributed by atoms with van der Waals surface area (Å²) in [6, 6.07) is 3.47. The number of aromatic nitrogens is 2. The summed E-state index contributed by atoms with van der Waals surface area (Å²) in [7, 11) is 1.32. The van der Waals surface area contributed by atoms with Crippen molar-refractivity contribution in [3.05, 3.63) is 41.4 Å². The molecule has 0 bridgehead atoms. The zero-order valence-corrected chi connectivity index (χ0v) is 18.8. The van der Waals surface area contributed by atoms with Crippen molar-refractivity contribution in [1.29, 1.82) is 0 Å². The second-order valence-electron chi connectivity index (χ2n) is 8.17. The van der Waals surface area contributed by atoms with Crippen LogP contribution in [0.1, 0.15) is 41.3 Å². The van der Waals surface area contributed by atoms with Crippen LogP contribution in [0.4, 0.5) is 18.0 Å². The average molecular weight is 492 g/mol. The molecule has 10 nitrogen and oxygen atoms in total. The molecule has 0 aliphatic carbocycles. The van der Waals surface area contributed by atoms with Gasteiger partial charge in [0.15, 0.2) is 11.5 Å². The molecule has 3 amide bonds. The lowest BCUT2D eigenvalue weighted by Crippen LogP contribution is -2.40. The Labute approximate surface area is 197 Å². The number of rotatable bonds is 5. The largest absolute Gasteiger partial charge is 0.494 e. The number of benzene rings is 1. The van der Waals surface area contributed by atoms with Crippen LogP contribution in [0.5, 0.6) is 5.75 Å². The number of alkyl halides is 3. The third-order valence-corrected chi connectivity index (χ3v) is 5.68. The van der Waals surface area contributed by atoms with Crippen LogP contribution in [0.2, 0.25) is 0 Å². The molecular formula is C22H23F3N6O4. The summed E-state index contributed by atoms with van der Waals surface area (Å²) in [5.74, 6) is -0.334. The lowest BCUT2D eigenvalue weighted by atomic mass is 10.1. The fraction of sp³-hybridized carbons (Fsp3) is 0.364. The standard InChI is InChI=1S/C22H23F3N6O4/c1-10(26)18-17(19(32)28-11-7-8-31(9-11)21(27)33)30-20(35-18)13-3-5-14(34-2)16-12(13)4-6-15(29-16)22(23,24)25/h3-6,10-11H,7-9,26H2,1-2H3,(H2,27,33)(H,28,32)/t10-,11+/m0/s1. The second-order valence-corrected chi connectivity index (χ2v) is 8.17. The number of nitrogens with zero attached hydrogens (tertiary/aromatic N) is 3. The molecule has 186 valence electrons. The Bertz CT molecular complexity index is 1290. The van der Waals surface area contributed by atoms with E-state index in [4.69, 9.17) is 20.6 Å². The molecule has 0 spiro atoms. The number of likely N-dealkylation sites (tertiary alicyclic amines) is 1. The molecule has 1 aliphatic rings. The first kappa shape index (κ1) is 24.3. The fourth-order valence-corrected chi connectivity index (χ4v) is 3.95. The molecule has 0 saturated carbocycles. The van der Waals surface area contributed by atoms with Gasteiger partial charge in [0.25, 0.3) is 5.91 Å². The number of methoxy groups -OCH3 is 1. The van der Waals surface area contributed by atoms with Crippen LogP contribution in [0.25, 0.3) is 22.4 Å². The lowest BCUT2D eigenvalue weighted by Gasteiger charge is -2.14. The maximum atomic E-state index is 13.2. The first-order valence-corrected chi connectivity index (χ1v) is 10.7. The smallest absolute Gasteiger partial charge is 0.433 e. The highest BCUT2D eigenvalue weighted by Crippen LogP contribution is 2.37. The monoisotopic (exact) mass is 492 g/mol. The number of urea groups is 1. The molecule has 3 aromatic rings. The van der Waals surface area contributed by atoms with E-state index in [0.717, 1.165) is 6.07 Å². The Morgan fingerprint density at radius 3 is 2.60 bits per heavy atom. The first-order valence-electron chi connectivity index (χ1n) is 10.7. The molecule has 1 aromatic carbocycles. The van der Waals surface area contributed by atoms with Crippen molar-refractivity contribution in [3.63, 3.8) is 0 Å². The number of primary amides is 1. The van der Waals surface area contributed by atoms with E-state index in [0.29, 0.717) is 18.5 Å². The number of carbonyl (C=O) groups excluding carboxylic acids is 2. The fourth-order valence-electron chi connectivity index (χ4n) is 3.95. The Morgan fingerprint density at radius 2 is 2.00 bits per heavy atom. The van der Waals surface area contributed by atoms with E-state index in [9.17, 15) is 22.8 Å². The van der Waals surface area contributed by atoms with Crippen molar-refractivity contribution < 1.29 is 31.9 Å². The van der Waals surface area contributed by atoms with Crippen molar-refractivity contribution >= 4 is 22.8 Å². The lowest BCUT2D eigenvalue weighted by molar-refractivity contribution is -0.140. The molecule has 4 rings (SSSR count). The molecule has 0 unspecified atom stereocenters. The van der Waals surface area contributed by atoms with E-state index in [-0.39, 0.29) is 46.6 Å². The van der Waals surface area contributed by atoms with Crippen LogP contribution >= 0.6 is 0 Å². The number of nitrogens with one attached hydrogen (secondary N) is 1. The highest BCUT2D eigenvalue weighted by molar-refractivity contribution is 5.98. The number of halogens is 3. The maximum absolute atomic E-state index is 13.2. The zero-order valence-electron chi connectivity index (χ0n) is 18.8. The third-order valence-electron chi connectivity index (χ3n) is 5.68. The number of fused-ring (bicyclic) bond motifs is 1. The summed E-state index contributed by atoms with van der Waals surface area (Å²) in [6.45, 7) is 2.28. The number of hydrogen-bond donors (Lipinski definition) is 3. The highest BCUT2D eigenvalue weighted by atomic mass is 19.4. The quantitative estimate of drug-likeness (QED) is 0.496. The Hall–Kier alpha value is -3.87. The maximum Gasteiger partial charge on any atom is 0.433 e. The van der Waals surface area contributed by atoms with Gasteiger partial charge >= 0.3 is 12.2 Å². The van der Waals surface area contributed by atoms with Gasteiger partial charge in [0.1, 0.15) is 17.0 Å². The molecule has 2 aromatic heterocycles. The predicted molar refractivity (Wildman–Crippen MR) is 118 cm³/mol. The molecule has 2 atom stereocenters. The molecule has 5 N–H and O–H groups in total. The zero-order chi connectivity index (χ0) is 25.5.